The molecule has 0 heterocycles. The second-order valence-corrected chi connectivity index (χ2v) is 7.21. The molecule has 6 nitrogen and oxygen atoms in total. The lowest BCUT2D eigenvalue weighted by atomic mass is 10.1. The Morgan fingerprint density at radius 2 is 1.68 bits per heavy atom. The number of benzene rings is 2. The van der Waals surface area contributed by atoms with Crippen molar-refractivity contribution in [2.75, 3.05) is 18.4 Å². The zero-order chi connectivity index (χ0) is 18.1. The van der Waals surface area contributed by atoms with Gasteiger partial charge in [-0.05, 0) is 30.3 Å². The SMILES string of the molecule is CCNCc1ccccc1NC(=O)CCNS(=O)(=O)c1ccccc1. The number of sulfonamides is 1. The molecule has 0 aromatic heterocycles. The van der Waals surface area contributed by atoms with Crippen molar-refractivity contribution in [3.8, 4) is 0 Å². The van der Waals surface area contributed by atoms with Crippen molar-refractivity contribution in [3.63, 3.8) is 0 Å². The van der Waals surface area contributed by atoms with E-state index in [1.807, 2.05) is 31.2 Å². The molecule has 0 spiro atoms. The summed E-state index contributed by atoms with van der Waals surface area (Å²) in [6.45, 7) is 3.55. The first-order valence-electron chi connectivity index (χ1n) is 8.16. The van der Waals surface area contributed by atoms with Crippen LogP contribution in [0, 0.1) is 0 Å². The van der Waals surface area contributed by atoms with E-state index in [9.17, 15) is 13.2 Å². The maximum absolute atomic E-state index is 12.1. The standard InChI is InChI=1S/C18H23N3O3S/c1-2-19-14-15-8-6-7-11-17(15)21-18(22)12-13-20-25(23,24)16-9-4-3-5-10-16/h3-11,19-20H,2,12-14H2,1H3,(H,21,22). The van der Waals surface area contributed by atoms with E-state index in [1.54, 1.807) is 18.2 Å². The van der Waals surface area contributed by atoms with Crippen LogP contribution in [0.15, 0.2) is 59.5 Å². The fourth-order valence-corrected chi connectivity index (χ4v) is 3.30. The molecule has 0 fully saturated rings. The molecule has 1 amide bonds. The molecule has 0 aliphatic rings. The van der Waals surface area contributed by atoms with Crippen molar-refractivity contribution in [3.05, 3.63) is 60.2 Å². The number of carbonyl (C=O) groups is 1. The third-order valence-corrected chi connectivity index (χ3v) is 5.03. The average molecular weight is 361 g/mol. The molecule has 3 N–H and O–H groups in total. The number of carbonyl (C=O) groups excluding carboxylic acids is 1. The highest BCUT2D eigenvalue weighted by molar-refractivity contribution is 7.89. The average Bonchev–Trinajstić information content (AvgIpc) is 2.61. The van der Waals surface area contributed by atoms with E-state index in [0.717, 1.165) is 17.8 Å². The van der Waals surface area contributed by atoms with Gasteiger partial charge in [0.15, 0.2) is 0 Å². The Balaban J connectivity index is 1.87. The first kappa shape index (κ1) is 19.1. The van der Waals surface area contributed by atoms with Crippen LogP contribution < -0.4 is 15.4 Å². The minimum absolute atomic E-state index is 0.0401. The number of hydrogen-bond acceptors (Lipinski definition) is 4. The van der Waals surface area contributed by atoms with E-state index in [0.29, 0.717) is 6.54 Å². The van der Waals surface area contributed by atoms with Crippen molar-refractivity contribution in [1.29, 1.82) is 0 Å². The summed E-state index contributed by atoms with van der Waals surface area (Å²) in [4.78, 5) is 12.3. The zero-order valence-corrected chi connectivity index (χ0v) is 15.0. The number of hydrogen-bond donors (Lipinski definition) is 3. The summed E-state index contributed by atoms with van der Waals surface area (Å²) < 4.78 is 26.6. The Hall–Kier alpha value is -2.22. The molecule has 134 valence electrons. The molecule has 0 radical (unpaired) electrons. The Morgan fingerprint density at radius 1 is 1.00 bits per heavy atom. The molecule has 25 heavy (non-hydrogen) atoms. The van der Waals surface area contributed by atoms with Crippen LogP contribution in [0.2, 0.25) is 0 Å². The first-order valence-corrected chi connectivity index (χ1v) is 9.64. The largest absolute Gasteiger partial charge is 0.326 e. The number of rotatable bonds is 9. The lowest BCUT2D eigenvalue weighted by molar-refractivity contribution is -0.116. The maximum atomic E-state index is 12.1. The van der Waals surface area contributed by atoms with Crippen LogP contribution >= 0.6 is 0 Å². The fourth-order valence-electron chi connectivity index (χ4n) is 2.25. The van der Waals surface area contributed by atoms with Crippen LogP contribution in [0.5, 0.6) is 0 Å². The van der Waals surface area contributed by atoms with Gasteiger partial charge in [0.25, 0.3) is 0 Å². The fraction of sp³-hybridized carbons (Fsp3) is 0.278. The van der Waals surface area contributed by atoms with Crippen LogP contribution in [0.4, 0.5) is 5.69 Å². The van der Waals surface area contributed by atoms with Crippen molar-refractivity contribution in [1.82, 2.24) is 10.0 Å². The third-order valence-electron chi connectivity index (χ3n) is 3.55. The first-order chi connectivity index (χ1) is 12.0. The third kappa shape index (κ3) is 5.97. The van der Waals surface area contributed by atoms with Gasteiger partial charge in [0, 0.05) is 25.2 Å². The van der Waals surface area contributed by atoms with Gasteiger partial charge in [-0.1, -0.05) is 43.3 Å². The smallest absolute Gasteiger partial charge is 0.240 e. The van der Waals surface area contributed by atoms with E-state index in [-0.39, 0.29) is 23.8 Å². The second-order valence-electron chi connectivity index (χ2n) is 5.45. The molecule has 7 heteroatoms. The molecule has 0 saturated heterocycles. The van der Waals surface area contributed by atoms with Gasteiger partial charge in [-0.15, -0.1) is 0 Å². The molecule has 0 unspecified atom stereocenters. The molecule has 0 aliphatic carbocycles. The molecule has 0 saturated carbocycles. The topological polar surface area (TPSA) is 87.3 Å². The van der Waals surface area contributed by atoms with Gasteiger partial charge in [0.1, 0.15) is 0 Å². The summed E-state index contributed by atoms with van der Waals surface area (Å²) in [5, 5.41) is 6.05. The number of amides is 1. The zero-order valence-electron chi connectivity index (χ0n) is 14.2. The van der Waals surface area contributed by atoms with Gasteiger partial charge in [-0.25, -0.2) is 13.1 Å². The van der Waals surface area contributed by atoms with Crippen LogP contribution in [-0.2, 0) is 21.4 Å². The summed E-state index contributed by atoms with van der Waals surface area (Å²) in [7, 11) is -3.59. The van der Waals surface area contributed by atoms with Gasteiger partial charge < -0.3 is 10.6 Å². The highest BCUT2D eigenvalue weighted by Gasteiger charge is 2.13. The van der Waals surface area contributed by atoms with E-state index in [1.165, 1.54) is 12.1 Å². The predicted octanol–water partition coefficient (Wildman–Crippen LogP) is 2.10. The molecular formula is C18H23N3O3S. The quantitative estimate of drug-likeness (QED) is 0.638. The van der Waals surface area contributed by atoms with E-state index in [2.05, 4.69) is 15.4 Å². The molecular weight excluding hydrogens is 338 g/mol. The van der Waals surface area contributed by atoms with Crippen LogP contribution in [0.3, 0.4) is 0 Å². The van der Waals surface area contributed by atoms with Gasteiger partial charge >= 0.3 is 0 Å². The summed E-state index contributed by atoms with van der Waals surface area (Å²) >= 11 is 0. The molecule has 2 aromatic carbocycles. The number of anilines is 1. The minimum Gasteiger partial charge on any atom is -0.326 e. The van der Waals surface area contributed by atoms with Crippen LogP contribution in [-0.4, -0.2) is 27.4 Å². The summed E-state index contributed by atoms with van der Waals surface area (Å²) in [5.74, 6) is -0.236. The number of para-hydroxylation sites is 1. The van der Waals surface area contributed by atoms with E-state index >= 15 is 0 Å². The normalized spacial score (nSPS) is 11.2. The highest BCUT2D eigenvalue weighted by atomic mass is 32.2. The van der Waals surface area contributed by atoms with Crippen LogP contribution in [0.1, 0.15) is 18.9 Å². The second kappa shape index (κ2) is 9.31. The maximum Gasteiger partial charge on any atom is 0.240 e. The van der Waals surface area contributed by atoms with Gasteiger partial charge in [0.05, 0.1) is 4.90 Å². The van der Waals surface area contributed by atoms with Crippen molar-refractivity contribution in [2.45, 2.75) is 24.8 Å². The molecule has 2 aromatic rings. The Kier molecular flexibility index (Phi) is 7.12. The lowest BCUT2D eigenvalue weighted by Crippen LogP contribution is -2.28. The molecule has 2 rings (SSSR count). The Labute approximate surface area is 148 Å². The van der Waals surface area contributed by atoms with Crippen molar-refractivity contribution < 1.29 is 13.2 Å². The molecule has 0 atom stereocenters. The minimum atomic E-state index is -3.59. The summed E-state index contributed by atoms with van der Waals surface area (Å²) in [5.41, 5.74) is 1.72. The Bertz CT molecular complexity index is 792. The van der Waals surface area contributed by atoms with E-state index < -0.39 is 10.0 Å². The summed E-state index contributed by atoms with van der Waals surface area (Å²) in [6.07, 6.45) is 0.0571. The van der Waals surface area contributed by atoms with Crippen LogP contribution in [0.25, 0.3) is 0 Å². The van der Waals surface area contributed by atoms with Crippen molar-refractivity contribution in [2.24, 2.45) is 0 Å². The molecule has 0 aliphatic heterocycles. The number of nitrogens with one attached hydrogen (secondary N) is 3. The summed E-state index contributed by atoms with van der Waals surface area (Å²) in [6, 6.07) is 15.6. The predicted molar refractivity (Wildman–Crippen MR) is 98.7 cm³/mol. The van der Waals surface area contributed by atoms with Gasteiger partial charge in [-0.2, -0.15) is 0 Å². The van der Waals surface area contributed by atoms with E-state index in [4.69, 9.17) is 0 Å². The molecule has 0 bridgehead atoms. The van der Waals surface area contributed by atoms with Crippen molar-refractivity contribution >= 4 is 21.6 Å². The van der Waals surface area contributed by atoms with Gasteiger partial charge in [0.2, 0.25) is 15.9 Å². The highest BCUT2D eigenvalue weighted by Crippen LogP contribution is 2.15. The monoisotopic (exact) mass is 361 g/mol. The van der Waals surface area contributed by atoms with Gasteiger partial charge in [-0.3, -0.25) is 4.79 Å². The lowest BCUT2D eigenvalue weighted by Gasteiger charge is -2.12. The Morgan fingerprint density at radius 3 is 2.40 bits per heavy atom.